The van der Waals surface area contributed by atoms with Crippen molar-refractivity contribution < 1.29 is 9.18 Å². The summed E-state index contributed by atoms with van der Waals surface area (Å²) in [5.74, 6) is -0.896. The number of hydrogen-bond acceptors (Lipinski definition) is 1. The second kappa shape index (κ2) is 3.72. The summed E-state index contributed by atoms with van der Waals surface area (Å²) < 4.78 is 13.8. The zero-order chi connectivity index (χ0) is 9.14. The second-order valence-electron chi connectivity index (χ2n) is 2.24. The molecule has 1 N–H and O–H groups in total. The molecule has 0 saturated carbocycles. The number of halogens is 1. The van der Waals surface area contributed by atoms with E-state index in [0.29, 0.717) is 0 Å². The molecule has 0 unspecified atom stereocenters. The van der Waals surface area contributed by atoms with Crippen molar-refractivity contribution in [2.75, 3.05) is 7.05 Å². The summed E-state index contributed by atoms with van der Waals surface area (Å²) in [6, 6.07) is 4.44. The molecule has 0 atom stereocenters. The molecule has 0 aliphatic carbocycles. The van der Waals surface area contributed by atoms with Crippen LogP contribution in [0.15, 0.2) is 18.2 Å². The minimum atomic E-state index is -0.493. The van der Waals surface area contributed by atoms with E-state index in [1.54, 1.807) is 6.07 Å². The van der Waals surface area contributed by atoms with E-state index in [4.69, 9.17) is 0 Å². The molecule has 12 heavy (non-hydrogen) atoms. The predicted molar refractivity (Wildman–Crippen MR) is 45.2 cm³/mol. The Kier molecular flexibility index (Phi) is 2.87. The molecule has 1 rings (SSSR count). The van der Waals surface area contributed by atoms with E-state index in [-0.39, 0.29) is 5.56 Å². The zero-order valence-electron chi connectivity index (χ0n) is 6.47. The topological polar surface area (TPSA) is 29.1 Å². The molecule has 0 heterocycles. The van der Waals surface area contributed by atoms with E-state index in [0.717, 1.165) is 4.35 Å². The van der Waals surface area contributed by atoms with Crippen molar-refractivity contribution in [3.05, 3.63) is 29.6 Å². The Labute approximate surface area is 78.7 Å². The van der Waals surface area contributed by atoms with E-state index in [9.17, 15) is 9.18 Å². The Hall–Kier alpha value is -0.822. The summed E-state index contributed by atoms with van der Waals surface area (Å²) in [5, 5.41) is 2.36. The molecule has 1 aromatic carbocycles. The summed E-state index contributed by atoms with van der Waals surface area (Å²) >= 11 is 2.21. The summed E-state index contributed by atoms with van der Waals surface area (Å²) in [5.41, 5.74) is 0.0762. The van der Waals surface area contributed by atoms with Crippen LogP contribution in [0.4, 0.5) is 4.39 Å². The monoisotopic (exact) mass is 227 g/mol. The average molecular weight is 227 g/mol. The van der Waals surface area contributed by atoms with E-state index in [1.165, 1.54) is 19.2 Å². The van der Waals surface area contributed by atoms with E-state index < -0.39 is 11.7 Å². The van der Waals surface area contributed by atoms with Gasteiger partial charge < -0.3 is 0 Å². The predicted octanol–water partition coefficient (Wildman–Crippen LogP) is -0.0209. The molecule has 1 amide bonds. The number of nitrogens with one attached hydrogen (secondary N) is 1. The van der Waals surface area contributed by atoms with Crippen molar-refractivity contribution in [2.24, 2.45) is 0 Å². The Morgan fingerprint density at radius 3 is 2.75 bits per heavy atom. The number of carbonyl (C=O) groups excluding carboxylic acids is 1. The van der Waals surface area contributed by atoms with E-state index in [2.05, 4.69) is 22.2 Å². The Morgan fingerprint density at radius 1 is 1.58 bits per heavy atom. The van der Waals surface area contributed by atoms with Crippen LogP contribution >= 0.6 is 0 Å². The van der Waals surface area contributed by atoms with Gasteiger partial charge in [0.05, 0.1) is 0 Å². The number of amides is 1. The fourth-order valence-corrected chi connectivity index (χ4v) is 1.22. The van der Waals surface area contributed by atoms with E-state index >= 15 is 0 Å². The van der Waals surface area contributed by atoms with Crippen LogP contribution in [0.2, 0.25) is 0 Å². The first-order valence-electron chi connectivity index (χ1n) is 3.35. The normalized spacial score (nSPS) is 9.58. The Balaban J connectivity index is 3.09. The van der Waals surface area contributed by atoms with Crippen LogP contribution in [0.3, 0.4) is 0 Å². The molecular weight excluding hydrogens is 220 g/mol. The summed E-state index contributed by atoms with van der Waals surface area (Å²) in [4.78, 5) is 11.0. The SMILES string of the molecule is CNC(=O)c1ccc([As])cc1F. The van der Waals surface area contributed by atoms with Crippen molar-refractivity contribution in [2.45, 2.75) is 0 Å². The third kappa shape index (κ3) is 1.86. The van der Waals surface area contributed by atoms with Crippen LogP contribution in [-0.2, 0) is 0 Å². The molecule has 2 nitrogen and oxygen atoms in total. The van der Waals surface area contributed by atoms with Gasteiger partial charge in [0.15, 0.2) is 0 Å². The summed E-state index contributed by atoms with van der Waals surface area (Å²) in [7, 11) is 1.47. The molecule has 1 aromatic rings. The van der Waals surface area contributed by atoms with Crippen LogP contribution in [0.25, 0.3) is 0 Å². The standard InChI is InChI=1S/C8H7AsFNO/c1-11-8(12)6-3-2-5(9)4-7(6)10/h2-4H,1H3,(H,11,12). The van der Waals surface area contributed by atoms with Gasteiger partial charge in [0, 0.05) is 0 Å². The van der Waals surface area contributed by atoms with Crippen LogP contribution in [0.1, 0.15) is 10.4 Å². The molecule has 0 aromatic heterocycles. The van der Waals surface area contributed by atoms with Gasteiger partial charge in [-0.25, -0.2) is 0 Å². The molecule has 2 radical (unpaired) electrons. The van der Waals surface area contributed by atoms with Gasteiger partial charge in [-0.05, 0) is 0 Å². The van der Waals surface area contributed by atoms with Crippen molar-refractivity contribution in [3.8, 4) is 0 Å². The number of rotatable bonds is 1. The van der Waals surface area contributed by atoms with Gasteiger partial charge in [0.2, 0.25) is 0 Å². The quantitative estimate of drug-likeness (QED) is 0.671. The second-order valence-corrected chi connectivity index (χ2v) is 3.33. The van der Waals surface area contributed by atoms with Gasteiger partial charge in [-0.15, -0.1) is 0 Å². The first-order valence-corrected chi connectivity index (χ1v) is 4.29. The fourth-order valence-electron chi connectivity index (χ4n) is 0.823. The average Bonchev–Trinajstić information content (AvgIpc) is 2.03. The molecule has 0 bridgehead atoms. The van der Waals surface area contributed by atoms with Crippen LogP contribution in [0, 0.1) is 5.82 Å². The molecular formula is C8H7AsFNO. The molecule has 0 aliphatic rings. The van der Waals surface area contributed by atoms with Crippen molar-refractivity contribution >= 4 is 27.1 Å². The van der Waals surface area contributed by atoms with Crippen LogP contribution in [0.5, 0.6) is 0 Å². The minimum absolute atomic E-state index is 0.0762. The number of benzene rings is 1. The van der Waals surface area contributed by atoms with Crippen LogP contribution < -0.4 is 9.67 Å². The Morgan fingerprint density at radius 2 is 2.25 bits per heavy atom. The number of carbonyl (C=O) groups is 1. The molecule has 0 fully saturated rings. The molecule has 0 spiro atoms. The first kappa shape index (κ1) is 9.27. The maximum absolute atomic E-state index is 13.0. The zero-order valence-corrected chi connectivity index (χ0v) is 8.34. The van der Waals surface area contributed by atoms with Crippen molar-refractivity contribution in [1.29, 1.82) is 0 Å². The molecule has 62 valence electrons. The molecule has 0 aliphatic heterocycles. The van der Waals surface area contributed by atoms with Crippen molar-refractivity contribution in [1.82, 2.24) is 5.32 Å². The van der Waals surface area contributed by atoms with Gasteiger partial charge in [-0.1, -0.05) is 0 Å². The van der Waals surface area contributed by atoms with Gasteiger partial charge >= 0.3 is 78.2 Å². The Bertz CT molecular complexity index is 314. The van der Waals surface area contributed by atoms with Gasteiger partial charge in [-0.3, -0.25) is 0 Å². The van der Waals surface area contributed by atoms with Gasteiger partial charge in [0.25, 0.3) is 0 Å². The van der Waals surface area contributed by atoms with E-state index in [1.807, 2.05) is 0 Å². The number of hydrogen-bond donors (Lipinski definition) is 1. The molecule has 4 heteroatoms. The summed E-state index contributed by atoms with van der Waals surface area (Å²) in [6.07, 6.45) is 0. The van der Waals surface area contributed by atoms with Gasteiger partial charge in [-0.2, -0.15) is 0 Å². The fraction of sp³-hybridized carbons (Fsp3) is 0.125. The van der Waals surface area contributed by atoms with Crippen molar-refractivity contribution in [3.63, 3.8) is 0 Å². The van der Waals surface area contributed by atoms with Gasteiger partial charge in [0.1, 0.15) is 0 Å². The summed E-state index contributed by atoms with van der Waals surface area (Å²) in [6.45, 7) is 0. The maximum atomic E-state index is 13.0. The van der Waals surface area contributed by atoms with Crippen LogP contribution in [-0.4, -0.2) is 29.8 Å². The first-order chi connectivity index (χ1) is 5.65. The third-order valence-electron chi connectivity index (χ3n) is 1.42. The third-order valence-corrected chi connectivity index (χ3v) is 2.01. The molecule has 0 saturated heterocycles.